The average molecular weight is 309 g/mol. The van der Waals surface area contributed by atoms with Crippen molar-refractivity contribution in [2.75, 3.05) is 5.73 Å². The van der Waals surface area contributed by atoms with Crippen molar-refractivity contribution >= 4 is 34.7 Å². The van der Waals surface area contributed by atoms with Gasteiger partial charge in [0.05, 0.1) is 15.5 Å². The summed E-state index contributed by atoms with van der Waals surface area (Å²) in [6.45, 7) is 1.93. The Hall–Kier alpha value is -1.72. The maximum absolute atomic E-state index is 11.0. The van der Waals surface area contributed by atoms with Gasteiger partial charge in [-0.3, -0.25) is 10.1 Å². The van der Waals surface area contributed by atoms with Crippen molar-refractivity contribution in [1.82, 2.24) is 0 Å². The van der Waals surface area contributed by atoms with Gasteiger partial charge in [-0.25, -0.2) is 0 Å². The summed E-state index contributed by atoms with van der Waals surface area (Å²) in [6.07, 6.45) is 0. The molecule has 2 rings (SSSR count). The van der Waals surface area contributed by atoms with Crippen molar-refractivity contribution in [2.24, 2.45) is 0 Å². The van der Waals surface area contributed by atoms with Gasteiger partial charge in [-0.15, -0.1) is 11.8 Å². The highest BCUT2D eigenvalue weighted by Gasteiger charge is 2.16. The average Bonchev–Trinajstić information content (AvgIpc) is 2.40. The van der Waals surface area contributed by atoms with E-state index >= 15 is 0 Å². The first-order chi connectivity index (χ1) is 9.49. The van der Waals surface area contributed by atoms with Gasteiger partial charge in [0.25, 0.3) is 5.69 Å². The van der Waals surface area contributed by atoms with Crippen LogP contribution in [-0.2, 0) is 5.75 Å². The molecule has 6 heteroatoms. The monoisotopic (exact) mass is 308 g/mol. The third kappa shape index (κ3) is 3.23. The molecule has 0 aliphatic rings. The van der Waals surface area contributed by atoms with E-state index < -0.39 is 4.92 Å². The highest BCUT2D eigenvalue weighted by molar-refractivity contribution is 7.98. The molecule has 0 saturated heterocycles. The summed E-state index contributed by atoms with van der Waals surface area (Å²) < 4.78 is 0. The molecule has 0 atom stereocenters. The van der Waals surface area contributed by atoms with Crippen LogP contribution in [0.4, 0.5) is 11.4 Å². The number of nitro benzene ring substituents is 1. The van der Waals surface area contributed by atoms with Gasteiger partial charge in [0, 0.05) is 22.4 Å². The second kappa shape index (κ2) is 6.15. The van der Waals surface area contributed by atoms with Crippen LogP contribution < -0.4 is 5.73 Å². The van der Waals surface area contributed by atoms with Crippen molar-refractivity contribution in [2.45, 2.75) is 17.6 Å². The first kappa shape index (κ1) is 14.7. The normalized spacial score (nSPS) is 10.5. The summed E-state index contributed by atoms with van der Waals surface area (Å²) in [7, 11) is 0. The molecular formula is C14H13ClN2O2S. The Balaban J connectivity index is 2.22. The molecule has 20 heavy (non-hydrogen) atoms. The van der Waals surface area contributed by atoms with E-state index in [1.54, 1.807) is 12.1 Å². The molecule has 104 valence electrons. The van der Waals surface area contributed by atoms with Gasteiger partial charge in [-0.05, 0) is 36.8 Å². The third-order valence-corrected chi connectivity index (χ3v) is 4.29. The number of thioether (sulfide) groups is 1. The van der Waals surface area contributed by atoms with Crippen LogP contribution in [-0.4, -0.2) is 4.92 Å². The van der Waals surface area contributed by atoms with E-state index in [2.05, 4.69) is 0 Å². The highest BCUT2D eigenvalue weighted by Crippen LogP contribution is 2.33. The van der Waals surface area contributed by atoms with E-state index in [1.807, 2.05) is 25.1 Å². The molecule has 0 aromatic heterocycles. The summed E-state index contributed by atoms with van der Waals surface area (Å²) in [5, 5.41) is 11.4. The van der Waals surface area contributed by atoms with Gasteiger partial charge in [-0.2, -0.15) is 0 Å². The predicted molar refractivity (Wildman–Crippen MR) is 83.3 cm³/mol. The number of nitrogen functional groups attached to an aromatic ring is 1. The fourth-order valence-electron chi connectivity index (χ4n) is 1.75. The van der Waals surface area contributed by atoms with Crippen LogP contribution in [0.2, 0.25) is 5.02 Å². The van der Waals surface area contributed by atoms with Gasteiger partial charge < -0.3 is 5.73 Å². The Kier molecular flexibility index (Phi) is 4.52. The SMILES string of the molecule is Cc1cc(SCc2c(Cl)cccc2[N+](=O)[O-])ccc1N. The number of rotatable bonds is 4. The molecular weight excluding hydrogens is 296 g/mol. The molecule has 2 aromatic rings. The minimum Gasteiger partial charge on any atom is -0.399 e. The number of aryl methyl sites for hydroxylation is 1. The molecule has 0 unspecified atom stereocenters. The maximum Gasteiger partial charge on any atom is 0.274 e. The number of hydrogen-bond acceptors (Lipinski definition) is 4. The molecule has 0 spiro atoms. The lowest BCUT2D eigenvalue weighted by Crippen LogP contribution is -1.95. The molecule has 0 radical (unpaired) electrons. The van der Waals surface area contributed by atoms with Gasteiger partial charge in [0.1, 0.15) is 0 Å². The standard InChI is InChI=1S/C14H13ClN2O2S/c1-9-7-10(5-6-13(9)16)20-8-11-12(15)3-2-4-14(11)17(18)19/h2-7H,8,16H2,1H3. The van der Waals surface area contributed by atoms with E-state index in [0.717, 1.165) is 16.1 Å². The summed E-state index contributed by atoms with van der Waals surface area (Å²) in [5.41, 5.74) is 8.08. The molecule has 0 saturated carbocycles. The Labute approximate surface area is 126 Å². The topological polar surface area (TPSA) is 69.2 Å². The number of anilines is 1. The van der Waals surface area contributed by atoms with Crippen LogP contribution in [0.15, 0.2) is 41.3 Å². The zero-order valence-electron chi connectivity index (χ0n) is 10.8. The molecule has 0 aliphatic heterocycles. The molecule has 0 amide bonds. The second-order valence-electron chi connectivity index (χ2n) is 4.30. The number of benzene rings is 2. The Bertz CT molecular complexity index is 662. The predicted octanol–water partition coefficient (Wildman–Crippen LogP) is 4.43. The number of nitro groups is 1. The van der Waals surface area contributed by atoms with E-state index in [9.17, 15) is 10.1 Å². The lowest BCUT2D eigenvalue weighted by molar-refractivity contribution is -0.385. The van der Waals surface area contributed by atoms with Crippen molar-refractivity contribution in [1.29, 1.82) is 0 Å². The number of halogens is 1. The number of nitrogens with two attached hydrogens (primary N) is 1. The molecule has 0 bridgehead atoms. The lowest BCUT2D eigenvalue weighted by atomic mass is 10.2. The Morgan fingerprint density at radius 3 is 2.75 bits per heavy atom. The summed E-state index contributed by atoms with van der Waals surface area (Å²) in [6, 6.07) is 10.4. The number of nitrogens with zero attached hydrogens (tertiary/aromatic N) is 1. The van der Waals surface area contributed by atoms with Crippen LogP contribution >= 0.6 is 23.4 Å². The summed E-state index contributed by atoms with van der Waals surface area (Å²) >= 11 is 7.56. The fourth-order valence-corrected chi connectivity index (χ4v) is 3.11. The minimum atomic E-state index is -0.407. The van der Waals surface area contributed by atoms with Gasteiger partial charge in [-0.1, -0.05) is 17.7 Å². The first-order valence-corrected chi connectivity index (χ1v) is 7.26. The van der Waals surface area contributed by atoms with Crippen LogP contribution in [0.1, 0.15) is 11.1 Å². The van der Waals surface area contributed by atoms with E-state index in [-0.39, 0.29) is 5.69 Å². The fraction of sp³-hybridized carbons (Fsp3) is 0.143. The van der Waals surface area contributed by atoms with Crippen molar-refractivity contribution < 1.29 is 4.92 Å². The molecule has 0 fully saturated rings. The van der Waals surface area contributed by atoms with Gasteiger partial charge in [0.2, 0.25) is 0 Å². The largest absolute Gasteiger partial charge is 0.399 e. The van der Waals surface area contributed by atoms with Crippen LogP contribution in [0.25, 0.3) is 0 Å². The van der Waals surface area contributed by atoms with Crippen LogP contribution in [0, 0.1) is 17.0 Å². The first-order valence-electron chi connectivity index (χ1n) is 5.89. The van der Waals surface area contributed by atoms with E-state index in [4.69, 9.17) is 17.3 Å². The Morgan fingerprint density at radius 2 is 2.10 bits per heavy atom. The van der Waals surface area contributed by atoms with Crippen molar-refractivity contribution in [3.05, 3.63) is 62.7 Å². The van der Waals surface area contributed by atoms with Gasteiger partial charge in [0.15, 0.2) is 0 Å². The lowest BCUT2D eigenvalue weighted by Gasteiger charge is -2.07. The molecule has 0 heterocycles. The maximum atomic E-state index is 11.0. The quantitative estimate of drug-likeness (QED) is 0.392. The van der Waals surface area contributed by atoms with Gasteiger partial charge >= 0.3 is 0 Å². The zero-order valence-corrected chi connectivity index (χ0v) is 12.4. The van der Waals surface area contributed by atoms with Crippen LogP contribution in [0.5, 0.6) is 0 Å². The van der Waals surface area contributed by atoms with E-state index in [0.29, 0.717) is 16.3 Å². The van der Waals surface area contributed by atoms with Crippen LogP contribution in [0.3, 0.4) is 0 Å². The molecule has 0 aliphatic carbocycles. The van der Waals surface area contributed by atoms with Crippen molar-refractivity contribution in [3.8, 4) is 0 Å². The number of hydrogen-bond donors (Lipinski definition) is 1. The Morgan fingerprint density at radius 1 is 1.35 bits per heavy atom. The molecule has 2 aromatic carbocycles. The van der Waals surface area contributed by atoms with Crippen molar-refractivity contribution in [3.63, 3.8) is 0 Å². The van der Waals surface area contributed by atoms with E-state index in [1.165, 1.54) is 17.8 Å². The summed E-state index contributed by atoms with van der Waals surface area (Å²) in [5.74, 6) is 0.444. The highest BCUT2D eigenvalue weighted by atomic mass is 35.5. The molecule has 2 N–H and O–H groups in total. The zero-order chi connectivity index (χ0) is 14.7. The third-order valence-electron chi connectivity index (χ3n) is 2.92. The minimum absolute atomic E-state index is 0.0529. The summed E-state index contributed by atoms with van der Waals surface area (Å²) in [4.78, 5) is 11.6. The second-order valence-corrected chi connectivity index (χ2v) is 5.76. The molecule has 4 nitrogen and oxygen atoms in total. The smallest absolute Gasteiger partial charge is 0.274 e.